The molecule has 13 heavy (non-hydrogen) atoms. The third kappa shape index (κ3) is 7.41. The van der Waals surface area contributed by atoms with E-state index in [0.717, 1.165) is 6.92 Å². The van der Waals surface area contributed by atoms with E-state index in [2.05, 4.69) is 8.37 Å². The van der Waals surface area contributed by atoms with Crippen LogP contribution in [0.1, 0.15) is 15.3 Å². The standard InChI is InChI=1S/C5H10O6S.Na.H/c1-3-10-12(8,9)11-5(7)4(2)6;;/h4,6H,3H2,1-2H3;;/q;+1;-1. The Kier molecular flexibility index (Phi) is 8.19. The third-order valence-corrected chi connectivity index (χ3v) is 1.68. The first kappa shape index (κ1) is 15.8. The van der Waals surface area contributed by atoms with Gasteiger partial charge in [-0.15, -0.1) is 0 Å². The number of carbonyl (C=O) groups is 1. The van der Waals surface area contributed by atoms with E-state index in [9.17, 15) is 13.2 Å². The maximum Gasteiger partial charge on any atom is 1.00 e. The number of carbonyl (C=O) groups excluding carboxylic acids is 1. The van der Waals surface area contributed by atoms with Crippen LogP contribution >= 0.6 is 0 Å². The van der Waals surface area contributed by atoms with Crippen LogP contribution in [0.2, 0.25) is 0 Å². The van der Waals surface area contributed by atoms with Crippen LogP contribution in [0.3, 0.4) is 0 Å². The maximum absolute atomic E-state index is 10.6. The van der Waals surface area contributed by atoms with Gasteiger partial charge >= 0.3 is 45.9 Å². The number of aliphatic hydroxyl groups excluding tert-OH is 1. The minimum absolute atomic E-state index is 0. The molecule has 1 N–H and O–H groups in total. The Morgan fingerprint density at radius 3 is 2.38 bits per heavy atom. The molecule has 0 heterocycles. The smallest absolute Gasteiger partial charge is 1.00 e. The van der Waals surface area contributed by atoms with Crippen molar-refractivity contribution in [2.24, 2.45) is 0 Å². The Hall–Kier alpha value is 0.340. The molecule has 0 bridgehead atoms. The van der Waals surface area contributed by atoms with Gasteiger partial charge in [0, 0.05) is 0 Å². The molecule has 0 saturated carbocycles. The molecule has 0 aliphatic heterocycles. The van der Waals surface area contributed by atoms with E-state index in [0.29, 0.717) is 0 Å². The summed E-state index contributed by atoms with van der Waals surface area (Å²) in [6, 6.07) is 0. The topological polar surface area (TPSA) is 89.9 Å². The molecule has 0 aromatic carbocycles. The second-order valence-corrected chi connectivity index (χ2v) is 3.11. The average Bonchev–Trinajstić information content (AvgIpc) is 1.85. The molecule has 1 unspecified atom stereocenters. The molecule has 8 heteroatoms. The minimum Gasteiger partial charge on any atom is -1.00 e. The van der Waals surface area contributed by atoms with Gasteiger partial charge in [0.1, 0.15) is 6.10 Å². The van der Waals surface area contributed by atoms with Gasteiger partial charge < -0.3 is 10.7 Å². The zero-order chi connectivity index (χ0) is 9.78. The Bertz CT molecular complexity index is 251. The number of hydrogen-bond acceptors (Lipinski definition) is 6. The molecule has 0 aromatic rings. The molecule has 74 valence electrons. The summed E-state index contributed by atoms with van der Waals surface area (Å²) in [6.07, 6.45) is -1.49. The van der Waals surface area contributed by atoms with E-state index in [4.69, 9.17) is 5.11 Å². The van der Waals surface area contributed by atoms with Crippen molar-refractivity contribution in [3.63, 3.8) is 0 Å². The molecule has 0 amide bonds. The summed E-state index contributed by atoms with van der Waals surface area (Å²) < 4.78 is 29.0. The number of hydrogen-bond donors (Lipinski definition) is 1. The van der Waals surface area contributed by atoms with Crippen LogP contribution in [0, 0.1) is 0 Å². The van der Waals surface area contributed by atoms with Crippen LogP contribution in [0.15, 0.2) is 0 Å². The van der Waals surface area contributed by atoms with Gasteiger partial charge in [0.2, 0.25) is 0 Å². The summed E-state index contributed by atoms with van der Waals surface area (Å²) in [7, 11) is -4.29. The van der Waals surface area contributed by atoms with Gasteiger partial charge in [0.15, 0.2) is 0 Å². The normalized spacial score (nSPS) is 12.8. The van der Waals surface area contributed by atoms with Crippen molar-refractivity contribution in [2.45, 2.75) is 20.0 Å². The first-order chi connectivity index (χ1) is 5.39. The van der Waals surface area contributed by atoms with Crippen molar-refractivity contribution in [1.29, 1.82) is 0 Å². The zero-order valence-electron chi connectivity index (χ0n) is 8.68. The molecule has 0 aromatic heterocycles. The largest absolute Gasteiger partial charge is 1.00 e. The fourth-order valence-corrected chi connectivity index (χ4v) is 1.02. The Morgan fingerprint density at radius 1 is 1.62 bits per heavy atom. The molecule has 0 aliphatic carbocycles. The molecule has 0 radical (unpaired) electrons. The van der Waals surface area contributed by atoms with E-state index < -0.39 is 22.5 Å². The third-order valence-electron chi connectivity index (χ3n) is 0.787. The molecular formula is C5H11NaO6S. The van der Waals surface area contributed by atoms with E-state index in [1.165, 1.54) is 6.92 Å². The van der Waals surface area contributed by atoms with Gasteiger partial charge in [-0.25, -0.2) is 8.98 Å². The van der Waals surface area contributed by atoms with Gasteiger partial charge in [0.05, 0.1) is 6.61 Å². The molecule has 0 spiro atoms. The summed E-state index contributed by atoms with van der Waals surface area (Å²) in [5, 5.41) is 8.56. The predicted octanol–water partition coefficient (Wildman–Crippen LogP) is -3.69. The Balaban J connectivity index is -0.000000605. The summed E-state index contributed by atoms with van der Waals surface area (Å²) in [5.41, 5.74) is 0. The van der Waals surface area contributed by atoms with E-state index in [1.54, 1.807) is 0 Å². The second kappa shape index (κ2) is 6.74. The summed E-state index contributed by atoms with van der Waals surface area (Å²) >= 11 is 0. The number of rotatable bonds is 4. The Morgan fingerprint density at radius 2 is 2.08 bits per heavy atom. The van der Waals surface area contributed by atoms with Gasteiger partial charge in [-0.3, -0.25) is 0 Å². The first-order valence-corrected chi connectivity index (χ1v) is 4.53. The van der Waals surface area contributed by atoms with Crippen LogP contribution < -0.4 is 29.6 Å². The molecule has 0 fully saturated rings. The molecule has 0 saturated heterocycles. The van der Waals surface area contributed by atoms with Gasteiger partial charge in [-0.1, -0.05) is 0 Å². The van der Waals surface area contributed by atoms with Crippen molar-refractivity contribution < 1.29 is 57.7 Å². The fraction of sp³-hybridized carbons (Fsp3) is 0.800. The molecule has 0 rings (SSSR count). The van der Waals surface area contributed by atoms with Crippen molar-refractivity contribution in [1.82, 2.24) is 0 Å². The van der Waals surface area contributed by atoms with Crippen LogP contribution in [-0.2, 0) is 23.6 Å². The Labute approximate surface area is 100 Å². The van der Waals surface area contributed by atoms with Crippen molar-refractivity contribution in [2.75, 3.05) is 6.61 Å². The quantitative estimate of drug-likeness (QED) is 0.492. The molecular weight excluding hydrogens is 211 g/mol. The van der Waals surface area contributed by atoms with Crippen molar-refractivity contribution in [3.05, 3.63) is 0 Å². The van der Waals surface area contributed by atoms with E-state index in [1.807, 2.05) is 0 Å². The molecule has 0 aliphatic rings. The maximum atomic E-state index is 10.6. The minimum atomic E-state index is -4.29. The summed E-state index contributed by atoms with van der Waals surface area (Å²) in [6.45, 7) is 2.38. The SMILES string of the molecule is CCOS(=O)(=O)OC(=O)C(C)O.[H-].[Na+]. The molecule has 1 atom stereocenters. The first-order valence-electron chi connectivity index (χ1n) is 3.19. The van der Waals surface area contributed by atoms with Gasteiger partial charge in [-0.05, 0) is 13.8 Å². The second-order valence-electron chi connectivity index (χ2n) is 1.89. The average molecular weight is 222 g/mol. The van der Waals surface area contributed by atoms with Crippen LogP contribution in [0.4, 0.5) is 0 Å². The molecule has 6 nitrogen and oxygen atoms in total. The predicted molar refractivity (Wildman–Crippen MR) is 39.4 cm³/mol. The van der Waals surface area contributed by atoms with Crippen molar-refractivity contribution >= 4 is 16.4 Å². The summed E-state index contributed by atoms with van der Waals surface area (Å²) in [5.74, 6) is -1.26. The number of aliphatic hydroxyl groups is 1. The van der Waals surface area contributed by atoms with Gasteiger partial charge in [-0.2, -0.15) is 8.42 Å². The van der Waals surface area contributed by atoms with Crippen LogP contribution in [0.5, 0.6) is 0 Å². The monoisotopic (exact) mass is 222 g/mol. The fourth-order valence-electron chi connectivity index (χ4n) is 0.339. The van der Waals surface area contributed by atoms with Crippen LogP contribution in [0.25, 0.3) is 0 Å². The van der Waals surface area contributed by atoms with Gasteiger partial charge in [0.25, 0.3) is 0 Å². The van der Waals surface area contributed by atoms with E-state index in [-0.39, 0.29) is 37.6 Å². The summed E-state index contributed by atoms with van der Waals surface area (Å²) in [4.78, 5) is 10.5. The van der Waals surface area contributed by atoms with Crippen LogP contribution in [-0.4, -0.2) is 32.2 Å². The van der Waals surface area contributed by atoms with E-state index >= 15 is 0 Å². The van der Waals surface area contributed by atoms with Crippen molar-refractivity contribution in [3.8, 4) is 0 Å². The zero-order valence-corrected chi connectivity index (χ0v) is 10.5.